The lowest BCUT2D eigenvalue weighted by atomic mass is 10.1. The van der Waals surface area contributed by atoms with Crippen LogP contribution in [-0.4, -0.2) is 71.2 Å². The number of anilines is 2. The Labute approximate surface area is 242 Å². The number of phenolic OH excluding ortho intramolecular Hbond substituents is 1. The van der Waals surface area contributed by atoms with E-state index >= 15 is 13.2 Å². The fourth-order valence-corrected chi connectivity index (χ4v) is 5.43. The van der Waals surface area contributed by atoms with Crippen molar-refractivity contribution in [1.29, 1.82) is 0 Å². The molecule has 0 spiro atoms. The van der Waals surface area contributed by atoms with Gasteiger partial charge in [0.25, 0.3) is 0 Å². The van der Waals surface area contributed by atoms with Gasteiger partial charge in [0.05, 0.1) is 18.8 Å². The third-order valence-electron chi connectivity index (χ3n) is 6.25. The second-order valence-corrected chi connectivity index (χ2v) is 10.6. The van der Waals surface area contributed by atoms with E-state index < -0.39 is 85.0 Å². The summed E-state index contributed by atoms with van der Waals surface area (Å²) in [5.74, 6) is -7.09. The quantitative estimate of drug-likeness (QED) is 0.137. The molecular formula is C26H24F3N4O9P. The maximum Gasteiger partial charge on any atom is 0.490 e. The predicted octanol–water partition coefficient (Wildman–Crippen LogP) is 3.83. The van der Waals surface area contributed by atoms with Gasteiger partial charge in [-0.15, -0.1) is 0 Å². The number of oxime groups is 1. The van der Waals surface area contributed by atoms with Crippen LogP contribution in [-0.2, 0) is 23.5 Å². The van der Waals surface area contributed by atoms with Crippen LogP contribution in [0.3, 0.4) is 0 Å². The molecule has 2 aromatic carbocycles. The van der Waals surface area contributed by atoms with Crippen molar-refractivity contribution in [3.05, 3.63) is 78.3 Å². The fraction of sp³-hybridized carbons (Fsp3) is 0.231. The van der Waals surface area contributed by atoms with Gasteiger partial charge in [-0.25, -0.2) is 32.0 Å². The molecule has 2 aliphatic rings. The fourth-order valence-electron chi connectivity index (χ4n) is 4.25. The average Bonchev–Trinajstić information content (AvgIpc) is 3.33. The van der Waals surface area contributed by atoms with Crippen LogP contribution in [0.4, 0.5) is 29.3 Å². The number of carbonyl (C=O) groups excluding carboxylic acids is 3. The summed E-state index contributed by atoms with van der Waals surface area (Å²) in [6, 6.07) is 5.62. The van der Waals surface area contributed by atoms with Crippen molar-refractivity contribution < 1.29 is 56.2 Å². The van der Waals surface area contributed by atoms with E-state index in [-0.39, 0.29) is 18.7 Å². The molecule has 2 heterocycles. The highest BCUT2D eigenvalue weighted by Crippen LogP contribution is 2.48. The van der Waals surface area contributed by atoms with Crippen LogP contribution in [0, 0.1) is 17.5 Å². The first-order valence-electron chi connectivity index (χ1n) is 12.4. The molecule has 1 fully saturated rings. The van der Waals surface area contributed by atoms with Gasteiger partial charge in [0.15, 0.2) is 29.1 Å². The molecule has 1 amide bonds. The molecule has 2 unspecified atom stereocenters. The number of amidine groups is 1. The lowest BCUT2D eigenvalue weighted by Crippen LogP contribution is -2.37. The van der Waals surface area contributed by atoms with Crippen LogP contribution in [0.1, 0.15) is 16.8 Å². The summed E-state index contributed by atoms with van der Waals surface area (Å²) in [7, 11) is -4.11. The summed E-state index contributed by atoms with van der Waals surface area (Å²) in [4.78, 5) is 53.6. The van der Waals surface area contributed by atoms with Gasteiger partial charge in [0, 0.05) is 25.2 Å². The van der Waals surface area contributed by atoms with E-state index in [0.29, 0.717) is 15.6 Å². The number of ketones is 1. The first-order chi connectivity index (χ1) is 20.4. The van der Waals surface area contributed by atoms with Crippen molar-refractivity contribution >= 4 is 42.8 Å². The predicted molar refractivity (Wildman–Crippen MR) is 145 cm³/mol. The number of hydrogen-bond donors (Lipinski definition) is 2. The number of allylic oxidation sites excluding steroid dienone is 1. The Bertz CT molecular complexity index is 1590. The van der Waals surface area contributed by atoms with E-state index in [4.69, 9.17) is 9.26 Å². The maximum absolute atomic E-state index is 15.2. The van der Waals surface area contributed by atoms with Crippen LogP contribution in [0.2, 0.25) is 0 Å². The van der Waals surface area contributed by atoms with Gasteiger partial charge in [-0.3, -0.25) is 14.6 Å². The number of ether oxygens (including phenoxy) is 1. The molecule has 2 aromatic rings. The van der Waals surface area contributed by atoms with Crippen molar-refractivity contribution in [2.75, 3.05) is 36.5 Å². The lowest BCUT2D eigenvalue weighted by Gasteiger charge is -2.28. The summed E-state index contributed by atoms with van der Waals surface area (Å²) in [6.07, 6.45) is 0.485. The van der Waals surface area contributed by atoms with Crippen molar-refractivity contribution in [2.45, 2.75) is 12.5 Å². The molecule has 2 atom stereocenters. The smallest absolute Gasteiger partial charge is 0.490 e. The second-order valence-electron chi connectivity index (χ2n) is 9.00. The largest absolute Gasteiger partial charge is 0.507 e. The van der Waals surface area contributed by atoms with Crippen molar-refractivity contribution in [2.24, 2.45) is 5.16 Å². The number of cyclic esters (lactones) is 1. The first-order valence-corrected chi connectivity index (χ1v) is 13.9. The highest BCUT2D eigenvalue weighted by atomic mass is 31.2. The Hall–Kier alpha value is -4.82. The molecule has 13 nitrogen and oxygen atoms in total. The molecule has 1 saturated heterocycles. The second kappa shape index (κ2) is 12.6. The normalized spacial score (nSPS) is 18.3. The number of para-hydroxylation sites is 1. The topological polar surface area (TPSA) is 159 Å². The number of benzene rings is 2. The Morgan fingerprint density at radius 3 is 2.63 bits per heavy atom. The van der Waals surface area contributed by atoms with Crippen molar-refractivity contribution in [3.63, 3.8) is 0 Å². The summed E-state index contributed by atoms with van der Waals surface area (Å²) in [5, 5.41) is 13.5. The molecule has 2 N–H and O–H groups in total. The number of carbonyl (C=O) groups is 3. The molecule has 17 heteroatoms. The van der Waals surface area contributed by atoms with Crippen LogP contribution in [0.15, 0.2) is 60.4 Å². The molecule has 228 valence electrons. The van der Waals surface area contributed by atoms with Gasteiger partial charge >= 0.3 is 19.8 Å². The SMILES string of the molecule is C=C/C(=N\OC)N(CC1CN(c2cc(F)c(N3C=CC(=O)CC3)c(F)c2F)C(=O)O1)P(=O)(O)OC(=O)c1ccccc1O. The van der Waals surface area contributed by atoms with Crippen LogP contribution < -0.4 is 9.80 Å². The zero-order valence-electron chi connectivity index (χ0n) is 22.4. The molecule has 0 aromatic heterocycles. The van der Waals surface area contributed by atoms with Crippen LogP contribution >= 0.6 is 7.75 Å². The van der Waals surface area contributed by atoms with E-state index in [2.05, 4.69) is 16.6 Å². The van der Waals surface area contributed by atoms with Gasteiger partial charge in [-0.1, -0.05) is 23.9 Å². The minimum atomic E-state index is -5.21. The zero-order valence-corrected chi connectivity index (χ0v) is 23.2. The lowest BCUT2D eigenvalue weighted by molar-refractivity contribution is -0.114. The zero-order chi connectivity index (χ0) is 31.5. The Balaban J connectivity index is 1.60. The standard InChI is InChI=1S/C26H24F3N4O9P/c1-3-21(30-40-2)33(43(38,39)42-25(36)17-6-4-5-7-20(17)35)14-16-13-32(26(37)41-16)19-12-18(27)24(23(29)22(19)28)31-10-8-15(34)9-11-31/h3-8,10,12,16,35H,1,9,11,13-14H2,2H3,(H,38,39)/b30-21+. The van der Waals surface area contributed by atoms with Gasteiger partial charge in [-0.05, 0) is 24.3 Å². The first kappa shape index (κ1) is 31.1. The van der Waals surface area contributed by atoms with Gasteiger partial charge in [-0.2, -0.15) is 0 Å². The Morgan fingerprint density at radius 2 is 2.00 bits per heavy atom. The third-order valence-corrected chi connectivity index (χ3v) is 7.63. The van der Waals surface area contributed by atoms with E-state index in [1.165, 1.54) is 12.1 Å². The highest BCUT2D eigenvalue weighted by Gasteiger charge is 2.43. The number of hydrogen-bond acceptors (Lipinski definition) is 10. The number of phenols is 1. The number of aromatic hydroxyl groups is 1. The van der Waals surface area contributed by atoms with E-state index in [9.17, 15) is 28.9 Å². The van der Waals surface area contributed by atoms with Crippen molar-refractivity contribution in [3.8, 4) is 5.75 Å². The molecule has 43 heavy (non-hydrogen) atoms. The minimum Gasteiger partial charge on any atom is -0.507 e. The third kappa shape index (κ3) is 6.49. The summed E-state index contributed by atoms with van der Waals surface area (Å²) in [5.41, 5.74) is -2.02. The number of amides is 1. The van der Waals surface area contributed by atoms with Gasteiger partial charge in [0.2, 0.25) is 0 Å². The Kier molecular flexibility index (Phi) is 9.11. The number of nitrogens with zero attached hydrogens (tertiary/aromatic N) is 4. The summed E-state index contributed by atoms with van der Waals surface area (Å²) < 4.78 is 68.9. The molecule has 0 saturated carbocycles. The van der Waals surface area contributed by atoms with E-state index in [1.54, 1.807) is 0 Å². The molecule has 0 aliphatic carbocycles. The molecular weight excluding hydrogens is 600 g/mol. The molecule has 4 rings (SSSR count). The van der Waals surface area contributed by atoms with Crippen LogP contribution in [0.5, 0.6) is 5.75 Å². The maximum atomic E-state index is 15.2. The average molecular weight is 624 g/mol. The highest BCUT2D eigenvalue weighted by molar-refractivity contribution is 7.51. The van der Waals surface area contributed by atoms with E-state index in [1.807, 2.05) is 0 Å². The molecule has 0 radical (unpaired) electrons. The van der Waals surface area contributed by atoms with E-state index in [0.717, 1.165) is 42.5 Å². The number of rotatable bonds is 9. The van der Waals surface area contributed by atoms with Crippen molar-refractivity contribution in [1.82, 2.24) is 4.67 Å². The Morgan fingerprint density at radius 1 is 1.28 bits per heavy atom. The van der Waals surface area contributed by atoms with Gasteiger partial charge in [0.1, 0.15) is 30.2 Å². The van der Waals surface area contributed by atoms with Crippen LogP contribution in [0.25, 0.3) is 0 Å². The molecule has 0 bridgehead atoms. The minimum absolute atomic E-state index is 0.0506. The monoisotopic (exact) mass is 624 g/mol. The number of halogens is 3. The summed E-state index contributed by atoms with van der Waals surface area (Å²) in [6.45, 7) is 2.05. The summed E-state index contributed by atoms with van der Waals surface area (Å²) >= 11 is 0. The van der Waals surface area contributed by atoms with Gasteiger partial charge < -0.3 is 24.1 Å². The molecule has 2 aliphatic heterocycles.